The van der Waals surface area contributed by atoms with Crippen molar-refractivity contribution in [3.63, 3.8) is 0 Å². The molecule has 4 heteroatoms. The fourth-order valence-corrected chi connectivity index (χ4v) is 2.95. The fraction of sp³-hybridized carbons (Fsp3) is 0.227. The molecule has 3 aromatic rings. The Bertz CT molecular complexity index is 923. The van der Waals surface area contributed by atoms with Crippen molar-refractivity contribution in [3.8, 4) is 5.75 Å². The van der Waals surface area contributed by atoms with Crippen LogP contribution in [0.25, 0.3) is 10.8 Å². The van der Waals surface area contributed by atoms with Crippen molar-refractivity contribution < 1.29 is 9.53 Å². The van der Waals surface area contributed by atoms with E-state index in [0.29, 0.717) is 23.7 Å². The Morgan fingerprint density at radius 2 is 1.85 bits per heavy atom. The molecule has 0 radical (unpaired) electrons. The van der Waals surface area contributed by atoms with Crippen molar-refractivity contribution in [2.45, 2.75) is 32.9 Å². The number of hydrogen-bond donors (Lipinski definition) is 1. The molecule has 0 aliphatic heterocycles. The number of hydrogen-bond acceptors (Lipinski definition) is 2. The predicted octanol–water partition coefficient (Wildman–Crippen LogP) is 5.28. The van der Waals surface area contributed by atoms with Gasteiger partial charge in [0.2, 0.25) is 0 Å². The predicted molar refractivity (Wildman–Crippen MR) is 107 cm³/mol. The van der Waals surface area contributed by atoms with Crippen LogP contribution in [-0.4, -0.2) is 12.0 Å². The summed E-state index contributed by atoms with van der Waals surface area (Å²) in [7, 11) is 0. The second-order valence-electron chi connectivity index (χ2n) is 6.33. The lowest BCUT2D eigenvalue weighted by Gasteiger charge is -2.18. The first kappa shape index (κ1) is 18.3. The minimum Gasteiger partial charge on any atom is -0.481 e. The first-order valence-electron chi connectivity index (χ1n) is 8.75. The number of rotatable bonds is 6. The normalized spacial score (nSPS) is 12.0. The van der Waals surface area contributed by atoms with E-state index in [1.807, 2.05) is 38.1 Å². The molecule has 1 atom stereocenters. The molecular formula is C22H22ClNO2. The van der Waals surface area contributed by atoms with E-state index >= 15 is 0 Å². The molecule has 134 valence electrons. The third-order valence-corrected chi connectivity index (χ3v) is 4.78. The first-order valence-corrected chi connectivity index (χ1v) is 9.13. The topological polar surface area (TPSA) is 38.3 Å². The van der Waals surface area contributed by atoms with E-state index in [4.69, 9.17) is 16.3 Å². The van der Waals surface area contributed by atoms with Crippen LogP contribution in [0.3, 0.4) is 0 Å². The minimum atomic E-state index is -0.531. The largest absolute Gasteiger partial charge is 0.481 e. The zero-order valence-electron chi connectivity index (χ0n) is 15.0. The molecule has 0 unspecified atom stereocenters. The van der Waals surface area contributed by atoms with Gasteiger partial charge in [-0.15, -0.1) is 0 Å². The van der Waals surface area contributed by atoms with E-state index in [9.17, 15) is 4.79 Å². The number of fused-ring (bicyclic) bond motifs is 1. The Balaban J connectivity index is 1.63. The molecular weight excluding hydrogens is 346 g/mol. The van der Waals surface area contributed by atoms with Crippen LogP contribution in [0.2, 0.25) is 5.02 Å². The van der Waals surface area contributed by atoms with E-state index in [1.54, 1.807) is 12.1 Å². The Labute approximate surface area is 158 Å². The van der Waals surface area contributed by atoms with E-state index in [2.05, 4.69) is 29.6 Å². The molecule has 1 amide bonds. The van der Waals surface area contributed by atoms with Crippen LogP contribution in [0.4, 0.5) is 0 Å². The number of ether oxygens (including phenoxy) is 1. The third-order valence-electron chi connectivity index (χ3n) is 4.35. The van der Waals surface area contributed by atoms with Crippen molar-refractivity contribution in [1.82, 2.24) is 5.32 Å². The van der Waals surface area contributed by atoms with Gasteiger partial charge in [-0.25, -0.2) is 0 Å². The second kappa shape index (κ2) is 8.24. The van der Waals surface area contributed by atoms with Crippen LogP contribution in [0, 0.1) is 6.92 Å². The third kappa shape index (κ3) is 4.36. The standard InChI is InChI=1S/C22H22ClNO2/c1-3-21(26-19-10-11-20(23)15(2)12-19)22(25)24-14-16-8-9-17-6-4-5-7-18(17)13-16/h4-13,21H,3,14H2,1-2H3,(H,24,25)/t21-/m1/s1. The van der Waals surface area contributed by atoms with E-state index in [0.717, 1.165) is 11.1 Å². The molecule has 0 fully saturated rings. The summed E-state index contributed by atoms with van der Waals surface area (Å²) < 4.78 is 5.85. The van der Waals surface area contributed by atoms with E-state index < -0.39 is 6.10 Å². The summed E-state index contributed by atoms with van der Waals surface area (Å²) in [5.41, 5.74) is 1.99. The SMILES string of the molecule is CC[C@@H](Oc1ccc(Cl)c(C)c1)C(=O)NCc1ccc2ccccc2c1. The second-order valence-corrected chi connectivity index (χ2v) is 6.73. The number of carbonyl (C=O) groups is 1. The van der Waals surface area contributed by atoms with E-state index in [1.165, 1.54) is 10.8 Å². The van der Waals surface area contributed by atoms with Gasteiger partial charge >= 0.3 is 0 Å². The van der Waals surface area contributed by atoms with E-state index in [-0.39, 0.29) is 5.91 Å². The van der Waals surface area contributed by atoms with Gasteiger partial charge in [0, 0.05) is 11.6 Å². The summed E-state index contributed by atoms with van der Waals surface area (Å²) >= 11 is 6.04. The maximum Gasteiger partial charge on any atom is 0.261 e. The highest BCUT2D eigenvalue weighted by molar-refractivity contribution is 6.31. The van der Waals surface area contributed by atoms with Crippen LogP contribution in [-0.2, 0) is 11.3 Å². The van der Waals surface area contributed by atoms with Gasteiger partial charge < -0.3 is 10.1 Å². The maximum atomic E-state index is 12.5. The van der Waals surface area contributed by atoms with Crippen LogP contribution in [0.1, 0.15) is 24.5 Å². The van der Waals surface area contributed by atoms with Crippen LogP contribution < -0.4 is 10.1 Å². The number of halogens is 1. The summed E-state index contributed by atoms with van der Waals surface area (Å²) in [5, 5.41) is 6.01. The van der Waals surface area contributed by atoms with Crippen LogP contribution in [0.5, 0.6) is 5.75 Å². The summed E-state index contributed by atoms with van der Waals surface area (Å²) in [6.07, 6.45) is 0.0571. The number of nitrogens with one attached hydrogen (secondary N) is 1. The zero-order valence-corrected chi connectivity index (χ0v) is 15.7. The first-order chi connectivity index (χ1) is 12.6. The van der Waals surface area contributed by atoms with Crippen molar-refractivity contribution in [2.75, 3.05) is 0 Å². The number of carbonyl (C=O) groups excluding carboxylic acids is 1. The van der Waals surface area contributed by atoms with Crippen molar-refractivity contribution in [1.29, 1.82) is 0 Å². The molecule has 0 saturated heterocycles. The van der Waals surface area contributed by atoms with Gasteiger partial charge in [-0.1, -0.05) is 54.9 Å². The number of benzene rings is 3. The maximum absolute atomic E-state index is 12.5. The average Bonchev–Trinajstić information content (AvgIpc) is 2.66. The van der Waals surface area contributed by atoms with Gasteiger partial charge in [0.15, 0.2) is 6.10 Å². The van der Waals surface area contributed by atoms with Gasteiger partial charge in [-0.2, -0.15) is 0 Å². The monoisotopic (exact) mass is 367 g/mol. The smallest absolute Gasteiger partial charge is 0.261 e. The quantitative estimate of drug-likeness (QED) is 0.644. The molecule has 0 aliphatic carbocycles. The molecule has 0 saturated carbocycles. The van der Waals surface area contributed by atoms with Gasteiger partial charge in [0.25, 0.3) is 5.91 Å². The highest BCUT2D eigenvalue weighted by Gasteiger charge is 2.18. The molecule has 3 rings (SSSR count). The van der Waals surface area contributed by atoms with Crippen molar-refractivity contribution >= 4 is 28.3 Å². The van der Waals surface area contributed by atoms with Gasteiger partial charge in [0.05, 0.1) is 0 Å². The molecule has 1 N–H and O–H groups in total. The van der Waals surface area contributed by atoms with Crippen LogP contribution >= 0.6 is 11.6 Å². The molecule has 3 aromatic carbocycles. The molecule has 3 nitrogen and oxygen atoms in total. The fourth-order valence-electron chi connectivity index (χ4n) is 2.83. The lowest BCUT2D eigenvalue weighted by atomic mass is 10.1. The summed E-state index contributed by atoms with van der Waals surface area (Å²) in [4.78, 5) is 12.5. The van der Waals surface area contributed by atoms with Gasteiger partial charge in [-0.3, -0.25) is 4.79 Å². The Hall–Kier alpha value is -2.52. The van der Waals surface area contributed by atoms with Crippen molar-refractivity contribution in [2.24, 2.45) is 0 Å². The summed E-state index contributed by atoms with van der Waals surface area (Å²) in [6.45, 7) is 4.32. The zero-order chi connectivity index (χ0) is 18.5. The van der Waals surface area contributed by atoms with Crippen molar-refractivity contribution in [3.05, 3.63) is 76.8 Å². The molecule has 0 aliphatic rings. The molecule has 0 aromatic heterocycles. The summed E-state index contributed by atoms with van der Waals surface area (Å²) in [5.74, 6) is 0.535. The Kier molecular flexibility index (Phi) is 5.79. The Morgan fingerprint density at radius 3 is 2.58 bits per heavy atom. The lowest BCUT2D eigenvalue weighted by Crippen LogP contribution is -2.37. The highest BCUT2D eigenvalue weighted by atomic mass is 35.5. The van der Waals surface area contributed by atoms with Crippen LogP contribution in [0.15, 0.2) is 60.7 Å². The lowest BCUT2D eigenvalue weighted by molar-refractivity contribution is -0.128. The Morgan fingerprint density at radius 1 is 1.08 bits per heavy atom. The molecule has 0 spiro atoms. The minimum absolute atomic E-state index is 0.117. The number of aryl methyl sites for hydroxylation is 1. The molecule has 0 heterocycles. The van der Waals surface area contributed by atoms with Gasteiger partial charge in [-0.05, 0) is 59.5 Å². The average molecular weight is 368 g/mol. The molecule has 26 heavy (non-hydrogen) atoms. The summed E-state index contributed by atoms with van der Waals surface area (Å²) in [6, 6.07) is 19.8. The van der Waals surface area contributed by atoms with Gasteiger partial charge in [0.1, 0.15) is 5.75 Å². The highest BCUT2D eigenvalue weighted by Crippen LogP contribution is 2.22. The molecule has 0 bridgehead atoms. The number of amides is 1.